The number of carbonyl (C=O) groups is 1. The minimum Gasteiger partial charge on any atom is -0.465 e. The molecule has 1 atom stereocenters. The van der Waals surface area contributed by atoms with Crippen molar-refractivity contribution >= 4 is 11.8 Å². The highest BCUT2D eigenvalue weighted by Crippen LogP contribution is 2.13. The second-order valence-electron chi connectivity index (χ2n) is 4.96. The molecule has 0 saturated carbocycles. The number of hydrogen-bond acceptors (Lipinski definition) is 5. The van der Waals surface area contributed by atoms with Gasteiger partial charge >= 0.3 is 5.97 Å². The summed E-state index contributed by atoms with van der Waals surface area (Å²) in [5.74, 6) is 0.439. The van der Waals surface area contributed by atoms with E-state index in [1.54, 1.807) is 6.07 Å². The summed E-state index contributed by atoms with van der Waals surface area (Å²) in [4.78, 5) is 18.0. The lowest BCUT2D eigenvalue weighted by Gasteiger charge is -2.17. The highest BCUT2D eigenvalue weighted by atomic mass is 16.5. The Morgan fingerprint density at radius 3 is 2.68 bits per heavy atom. The number of pyridine rings is 1. The number of nitrogens with zero attached hydrogens (tertiary/aromatic N) is 2. The largest absolute Gasteiger partial charge is 0.465 e. The molecule has 1 rings (SSSR count). The van der Waals surface area contributed by atoms with E-state index in [0.29, 0.717) is 17.3 Å². The standard InChI is InChI=1S/C14H23N3O2/c1-10(8-9-17(3)4)15-13-7-6-12(11(2)16-13)14(18)19-5/h6-7,10H,8-9H2,1-5H3,(H,15,16). The molecule has 0 bridgehead atoms. The molecule has 19 heavy (non-hydrogen) atoms. The van der Waals surface area contributed by atoms with Gasteiger partial charge in [-0.2, -0.15) is 0 Å². The van der Waals surface area contributed by atoms with Crippen molar-refractivity contribution in [3.05, 3.63) is 23.4 Å². The number of nitrogens with one attached hydrogen (secondary N) is 1. The first-order valence-electron chi connectivity index (χ1n) is 6.41. The smallest absolute Gasteiger partial charge is 0.339 e. The lowest BCUT2D eigenvalue weighted by Crippen LogP contribution is -2.23. The predicted molar refractivity (Wildman–Crippen MR) is 76.6 cm³/mol. The fraction of sp³-hybridized carbons (Fsp3) is 0.571. The van der Waals surface area contributed by atoms with E-state index in [2.05, 4.69) is 36.2 Å². The maximum Gasteiger partial charge on any atom is 0.339 e. The molecule has 0 radical (unpaired) electrons. The zero-order chi connectivity index (χ0) is 14.4. The monoisotopic (exact) mass is 265 g/mol. The van der Waals surface area contributed by atoms with Crippen molar-refractivity contribution in [1.29, 1.82) is 0 Å². The number of aryl methyl sites for hydroxylation is 1. The van der Waals surface area contributed by atoms with Crippen LogP contribution in [0.4, 0.5) is 5.82 Å². The second kappa shape index (κ2) is 7.09. The first-order valence-corrected chi connectivity index (χ1v) is 6.41. The zero-order valence-corrected chi connectivity index (χ0v) is 12.4. The number of anilines is 1. The van der Waals surface area contributed by atoms with Crippen LogP contribution >= 0.6 is 0 Å². The fourth-order valence-corrected chi connectivity index (χ4v) is 1.74. The summed E-state index contributed by atoms with van der Waals surface area (Å²) in [6, 6.07) is 3.89. The van der Waals surface area contributed by atoms with Crippen LogP contribution in [0.3, 0.4) is 0 Å². The first-order chi connectivity index (χ1) is 8.93. The lowest BCUT2D eigenvalue weighted by atomic mass is 10.2. The number of methoxy groups -OCH3 is 1. The molecular weight excluding hydrogens is 242 g/mol. The summed E-state index contributed by atoms with van der Waals surface area (Å²) in [5, 5.41) is 3.33. The van der Waals surface area contributed by atoms with Crippen LogP contribution in [0.2, 0.25) is 0 Å². The third-order valence-corrected chi connectivity index (χ3v) is 2.89. The van der Waals surface area contributed by atoms with E-state index in [9.17, 15) is 4.79 Å². The molecule has 1 aromatic rings. The molecule has 5 nitrogen and oxygen atoms in total. The summed E-state index contributed by atoms with van der Waals surface area (Å²) < 4.78 is 4.70. The lowest BCUT2D eigenvalue weighted by molar-refractivity contribution is 0.0599. The summed E-state index contributed by atoms with van der Waals surface area (Å²) in [6.07, 6.45) is 1.03. The number of esters is 1. The van der Waals surface area contributed by atoms with Gasteiger partial charge in [0.25, 0.3) is 0 Å². The summed E-state index contributed by atoms with van der Waals surface area (Å²) in [5.41, 5.74) is 1.19. The molecule has 1 heterocycles. The number of carbonyl (C=O) groups excluding carboxylic acids is 1. The van der Waals surface area contributed by atoms with Gasteiger partial charge in [-0.05, 0) is 53.0 Å². The summed E-state index contributed by atoms with van der Waals surface area (Å²) >= 11 is 0. The van der Waals surface area contributed by atoms with Gasteiger partial charge in [0, 0.05) is 6.04 Å². The van der Waals surface area contributed by atoms with Gasteiger partial charge in [0.05, 0.1) is 18.4 Å². The number of rotatable bonds is 6. The van der Waals surface area contributed by atoms with Crippen molar-refractivity contribution in [1.82, 2.24) is 9.88 Å². The maximum absolute atomic E-state index is 11.5. The normalized spacial score (nSPS) is 12.3. The van der Waals surface area contributed by atoms with Crippen molar-refractivity contribution in [3.8, 4) is 0 Å². The Labute approximate surface area is 115 Å². The Kier molecular flexibility index (Phi) is 5.76. The molecule has 0 aliphatic rings. The Balaban J connectivity index is 2.65. The molecular formula is C14H23N3O2. The van der Waals surface area contributed by atoms with Crippen LogP contribution in [0.25, 0.3) is 0 Å². The van der Waals surface area contributed by atoms with Gasteiger partial charge in [-0.1, -0.05) is 0 Å². The zero-order valence-electron chi connectivity index (χ0n) is 12.4. The molecule has 106 valence electrons. The van der Waals surface area contributed by atoms with Gasteiger partial charge in [0.1, 0.15) is 5.82 Å². The number of aromatic nitrogens is 1. The molecule has 0 aliphatic heterocycles. The topological polar surface area (TPSA) is 54.5 Å². The minimum atomic E-state index is -0.350. The van der Waals surface area contributed by atoms with Crippen LogP contribution in [0.5, 0.6) is 0 Å². The molecule has 1 aromatic heterocycles. The average molecular weight is 265 g/mol. The van der Waals surface area contributed by atoms with Crippen molar-refractivity contribution in [2.75, 3.05) is 33.1 Å². The van der Waals surface area contributed by atoms with Crippen molar-refractivity contribution in [2.45, 2.75) is 26.3 Å². The third-order valence-electron chi connectivity index (χ3n) is 2.89. The Morgan fingerprint density at radius 2 is 2.16 bits per heavy atom. The average Bonchev–Trinajstić information content (AvgIpc) is 2.35. The molecule has 1 N–H and O–H groups in total. The molecule has 5 heteroatoms. The van der Waals surface area contributed by atoms with E-state index in [1.807, 2.05) is 13.0 Å². The van der Waals surface area contributed by atoms with Gasteiger partial charge in [0.2, 0.25) is 0 Å². The highest BCUT2D eigenvalue weighted by molar-refractivity contribution is 5.90. The predicted octanol–water partition coefficient (Wildman–Crippen LogP) is 1.93. The van der Waals surface area contributed by atoms with Crippen LogP contribution in [-0.4, -0.2) is 49.6 Å². The van der Waals surface area contributed by atoms with Crippen LogP contribution < -0.4 is 5.32 Å². The van der Waals surface area contributed by atoms with Crippen molar-refractivity contribution < 1.29 is 9.53 Å². The van der Waals surface area contributed by atoms with Crippen LogP contribution in [0.1, 0.15) is 29.4 Å². The van der Waals surface area contributed by atoms with E-state index in [0.717, 1.165) is 18.8 Å². The minimum absolute atomic E-state index is 0.332. The van der Waals surface area contributed by atoms with E-state index in [4.69, 9.17) is 4.74 Å². The number of ether oxygens (including phenoxy) is 1. The molecule has 0 aliphatic carbocycles. The van der Waals surface area contributed by atoms with E-state index >= 15 is 0 Å². The molecule has 0 saturated heterocycles. The van der Waals surface area contributed by atoms with Crippen molar-refractivity contribution in [2.24, 2.45) is 0 Å². The van der Waals surface area contributed by atoms with Gasteiger partial charge in [-0.3, -0.25) is 0 Å². The van der Waals surface area contributed by atoms with Gasteiger partial charge in [0.15, 0.2) is 0 Å². The molecule has 0 spiro atoms. The maximum atomic E-state index is 11.5. The molecule has 0 aromatic carbocycles. The van der Waals surface area contributed by atoms with E-state index < -0.39 is 0 Å². The molecule has 0 amide bonds. The molecule has 1 unspecified atom stereocenters. The second-order valence-corrected chi connectivity index (χ2v) is 4.96. The highest BCUT2D eigenvalue weighted by Gasteiger charge is 2.11. The summed E-state index contributed by atoms with van der Waals surface area (Å²) in [6.45, 7) is 4.95. The Hall–Kier alpha value is -1.62. The van der Waals surface area contributed by atoms with Gasteiger partial charge in [-0.25, -0.2) is 9.78 Å². The van der Waals surface area contributed by atoms with E-state index in [-0.39, 0.29) is 5.97 Å². The van der Waals surface area contributed by atoms with Crippen LogP contribution in [-0.2, 0) is 4.74 Å². The van der Waals surface area contributed by atoms with Gasteiger partial charge < -0.3 is 15.0 Å². The molecule has 0 fully saturated rings. The van der Waals surface area contributed by atoms with E-state index in [1.165, 1.54) is 7.11 Å². The fourth-order valence-electron chi connectivity index (χ4n) is 1.74. The SMILES string of the molecule is COC(=O)c1ccc(NC(C)CCN(C)C)nc1C. The quantitative estimate of drug-likeness (QED) is 0.796. The summed E-state index contributed by atoms with van der Waals surface area (Å²) in [7, 11) is 5.48. The Morgan fingerprint density at radius 1 is 1.47 bits per heavy atom. The first kappa shape index (κ1) is 15.4. The van der Waals surface area contributed by atoms with Crippen LogP contribution in [0.15, 0.2) is 12.1 Å². The van der Waals surface area contributed by atoms with Gasteiger partial charge in [-0.15, -0.1) is 0 Å². The van der Waals surface area contributed by atoms with Crippen molar-refractivity contribution in [3.63, 3.8) is 0 Å². The Bertz CT molecular complexity index is 433. The van der Waals surface area contributed by atoms with Crippen LogP contribution in [0, 0.1) is 6.92 Å². The number of hydrogen-bond donors (Lipinski definition) is 1. The third kappa shape index (κ3) is 4.87.